The molecule has 0 saturated heterocycles. The molecule has 0 aliphatic rings. The summed E-state index contributed by atoms with van der Waals surface area (Å²) >= 11 is 6.33. The Morgan fingerprint density at radius 3 is 2.53 bits per heavy atom. The smallest absolute Gasteiger partial charge is 0.246 e. The van der Waals surface area contributed by atoms with E-state index in [0.717, 1.165) is 0 Å². The van der Waals surface area contributed by atoms with Crippen molar-refractivity contribution >= 4 is 35.2 Å². The normalized spacial score (nSPS) is 10.9. The summed E-state index contributed by atoms with van der Waals surface area (Å²) in [5.41, 5.74) is 1.37. The van der Waals surface area contributed by atoms with Gasteiger partial charge in [-0.3, -0.25) is 9.59 Å². The molecule has 0 atom stereocenters. The number of rotatable bonds is 9. The highest BCUT2D eigenvalue weighted by Gasteiger charge is 2.13. The van der Waals surface area contributed by atoms with Crippen LogP contribution in [-0.4, -0.2) is 44.0 Å². The van der Waals surface area contributed by atoms with E-state index >= 15 is 0 Å². The molecule has 0 aliphatic heterocycles. The molecule has 2 amide bonds. The maximum atomic E-state index is 12.4. The summed E-state index contributed by atoms with van der Waals surface area (Å²) < 4.78 is 11.1. The van der Waals surface area contributed by atoms with Crippen molar-refractivity contribution < 1.29 is 19.1 Å². The lowest BCUT2D eigenvalue weighted by molar-refractivity contribution is -0.129. The van der Waals surface area contributed by atoms with Crippen LogP contribution in [0.5, 0.6) is 11.5 Å². The molecule has 1 N–H and O–H groups in total. The van der Waals surface area contributed by atoms with Gasteiger partial charge in [-0.05, 0) is 41.8 Å². The first kappa shape index (κ1) is 23.3. The van der Waals surface area contributed by atoms with Crippen molar-refractivity contribution in [3.63, 3.8) is 0 Å². The average Bonchev–Trinajstić information content (AvgIpc) is 2.71. The van der Waals surface area contributed by atoms with E-state index in [1.807, 2.05) is 32.0 Å². The van der Waals surface area contributed by atoms with E-state index in [0.29, 0.717) is 40.3 Å². The Hall–Kier alpha value is -2.99. The molecule has 160 valence electrons. The van der Waals surface area contributed by atoms with Gasteiger partial charge in [0.1, 0.15) is 0 Å². The van der Waals surface area contributed by atoms with Crippen molar-refractivity contribution in [2.24, 2.45) is 5.92 Å². The Kier molecular flexibility index (Phi) is 8.74. The first-order valence-electron chi connectivity index (χ1n) is 9.58. The molecule has 0 bridgehead atoms. The molecule has 0 aromatic heterocycles. The fraction of sp³-hybridized carbons (Fsp3) is 0.304. The third kappa shape index (κ3) is 7.12. The number of halogens is 1. The van der Waals surface area contributed by atoms with E-state index in [2.05, 4.69) is 5.32 Å². The molecule has 7 heteroatoms. The molecule has 0 aliphatic carbocycles. The number of nitrogens with one attached hydrogen (secondary N) is 1. The first-order valence-corrected chi connectivity index (χ1v) is 9.96. The summed E-state index contributed by atoms with van der Waals surface area (Å²) in [5, 5.41) is 3.15. The summed E-state index contributed by atoms with van der Waals surface area (Å²) in [6.45, 7) is 4.53. The van der Waals surface area contributed by atoms with Gasteiger partial charge in [-0.15, -0.1) is 0 Å². The van der Waals surface area contributed by atoms with E-state index in [4.69, 9.17) is 21.1 Å². The highest BCUT2D eigenvalue weighted by atomic mass is 35.5. The fourth-order valence-electron chi connectivity index (χ4n) is 2.54. The number of methoxy groups -OCH3 is 1. The number of benzene rings is 2. The van der Waals surface area contributed by atoms with Crippen LogP contribution in [0, 0.1) is 5.92 Å². The zero-order valence-electron chi connectivity index (χ0n) is 17.6. The lowest BCUT2D eigenvalue weighted by atomic mass is 10.1. The fourth-order valence-corrected chi connectivity index (χ4v) is 2.81. The minimum atomic E-state index is -0.312. The average molecular weight is 431 g/mol. The monoisotopic (exact) mass is 430 g/mol. The highest BCUT2D eigenvalue weighted by Crippen LogP contribution is 2.37. The van der Waals surface area contributed by atoms with Crippen LogP contribution in [0.15, 0.2) is 48.5 Å². The van der Waals surface area contributed by atoms with Crippen molar-refractivity contribution in [1.82, 2.24) is 4.90 Å². The number of amides is 2. The van der Waals surface area contributed by atoms with Crippen LogP contribution in [-0.2, 0) is 9.59 Å². The van der Waals surface area contributed by atoms with E-state index in [9.17, 15) is 9.59 Å². The number of anilines is 1. The number of ether oxygens (including phenoxy) is 2. The Morgan fingerprint density at radius 2 is 1.90 bits per heavy atom. The van der Waals surface area contributed by atoms with E-state index < -0.39 is 0 Å². The summed E-state index contributed by atoms with van der Waals surface area (Å²) in [6, 6.07) is 12.5. The van der Waals surface area contributed by atoms with Crippen LogP contribution >= 0.6 is 11.6 Å². The van der Waals surface area contributed by atoms with Crippen molar-refractivity contribution in [3.8, 4) is 11.5 Å². The predicted octanol–water partition coefficient (Wildman–Crippen LogP) is 4.49. The van der Waals surface area contributed by atoms with E-state index in [1.54, 1.807) is 37.4 Å². The first-order chi connectivity index (χ1) is 14.3. The summed E-state index contributed by atoms with van der Waals surface area (Å²) in [5.74, 6) is 0.727. The van der Waals surface area contributed by atoms with Crippen LogP contribution < -0.4 is 14.8 Å². The molecule has 2 aromatic carbocycles. The largest absolute Gasteiger partial charge is 0.493 e. The number of likely N-dealkylation sites (N-methyl/N-ethyl adjacent to an activating group) is 1. The molecule has 2 aromatic rings. The number of hydrogen-bond acceptors (Lipinski definition) is 4. The van der Waals surface area contributed by atoms with Crippen LogP contribution in [0.4, 0.5) is 5.69 Å². The molecule has 0 heterocycles. The number of hydrogen-bond donors (Lipinski definition) is 1. The maximum absolute atomic E-state index is 12.4. The van der Waals surface area contributed by atoms with Crippen molar-refractivity contribution in [1.29, 1.82) is 0 Å². The second-order valence-corrected chi connectivity index (χ2v) is 7.59. The van der Waals surface area contributed by atoms with Crippen LogP contribution in [0.1, 0.15) is 19.4 Å². The molecular formula is C23H27ClN2O4. The zero-order valence-corrected chi connectivity index (χ0v) is 18.4. The molecule has 0 saturated carbocycles. The second-order valence-electron chi connectivity index (χ2n) is 7.18. The van der Waals surface area contributed by atoms with Crippen LogP contribution in [0.2, 0.25) is 5.02 Å². The minimum absolute atomic E-state index is 0.0654. The lowest BCUT2D eigenvalue weighted by Crippen LogP contribution is -2.33. The van der Waals surface area contributed by atoms with Gasteiger partial charge < -0.3 is 19.7 Å². The van der Waals surface area contributed by atoms with Crippen molar-refractivity contribution in [2.75, 3.05) is 32.6 Å². The molecule has 2 rings (SSSR count). The van der Waals surface area contributed by atoms with Gasteiger partial charge in [0.2, 0.25) is 11.8 Å². The Bertz CT molecular complexity index is 898. The number of nitrogens with zero attached hydrogens (tertiary/aromatic N) is 1. The summed E-state index contributed by atoms with van der Waals surface area (Å²) in [6.07, 6.45) is 3.00. The molecule has 30 heavy (non-hydrogen) atoms. The Balaban J connectivity index is 2.00. The van der Waals surface area contributed by atoms with Gasteiger partial charge >= 0.3 is 0 Å². The third-order valence-corrected chi connectivity index (χ3v) is 4.33. The number of carbonyl (C=O) groups is 2. The minimum Gasteiger partial charge on any atom is -0.493 e. The van der Waals surface area contributed by atoms with Crippen molar-refractivity contribution in [3.05, 3.63) is 59.1 Å². The number of carbonyl (C=O) groups excluding carboxylic acids is 2. The van der Waals surface area contributed by atoms with E-state index in [1.165, 1.54) is 18.1 Å². The number of para-hydroxylation sites is 1. The van der Waals surface area contributed by atoms with Crippen LogP contribution in [0.25, 0.3) is 6.08 Å². The second kappa shape index (κ2) is 11.3. The predicted molar refractivity (Wildman–Crippen MR) is 120 cm³/mol. The SMILES string of the molecule is COc1cc(/C=C/C(=O)N(C)CC(=O)Nc2ccccc2)cc(Cl)c1OCC(C)C. The third-order valence-electron chi connectivity index (χ3n) is 4.05. The van der Waals surface area contributed by atoms with Crippen LogP contribution in [0.3, 0.4) is 0 Å². The standard InChI is InChI=1S/C23H27ClN2O4/c1-16(2)15-30-23-19(24)12-17(13-20(23)29-4)10-11-22(28)26(3)14-21(27)25-18-8-6-5-7-9-18/h5-13,16H,14-15H2,1-4H3,(H,25,27)/b11-10+. The summed E-state index contributed by atoms with van der Waals surface area (Å²) in [7, 11) is 3.10. The Labute approximate surface area is 182 Å². The quantitative estimate of drug-likeness (QED) is 0.595. The van der Waals surface area contributed by atoms with Gasteiger partial charge in [0.15, 0.2) is 11.5 Å². The van der Waals surface area contributed by atoms with Gasteiger partial charge in [0, 0.05) is 18.8 Å². The topological polar surface area (TPSA) is 67.9 Å². The van der Waals surface area contributed by atoms with Gasteiger partial charge in [0.05, 0.1) is 25.3 Å². The summed E-state index contributed by atoms with van der Waals surface area (Å²) in [4.78, 5) is 25.8. The van der Waals surface area contributed by atoms with Gasteiger partial charge in [-0.25, -0.2) is 0 Å². The van der Waals surface area contributed by atoms with E-state index in [-0.39, 0.29) is 18.4 Å². The molecule has 6 nitrogen and oxygen atoms in total. The lowest BCUT2D eigenvalue weighted by Gasteiger charge is -2.15. The molecule has 0 unspecified atom stereocenters. The van der Waals surface area contributed by atoms with Crippen molar-refractivity contribution in [2.45, 2.75) is 13.8 Å². The maximum Gasteiger partial charge on any atom is 0.246 e. The van der Waals surface area contributed by atoms with Gasteiger partial charge in [0.25, 0.3) is 0 Å². The molecule has 0 radical (unpaired) electrons. The molecular weight excluding hydrogens is 404 g/mol. The highest BCUT2D eigenvalue weighted by molar-refractivity contribution is 6.32. The van der Waals surface area contributed by atoms with Gasteiger partial charge in [-0.1, -0.05) is 43.6 Å². The Morgan fingerprint density at radius 1 is 1.20 bits per heavy atom. The molecule has 0 fully saturated rings. The van der Waals surface area contributed by atoms with Gasteiger partial charge in [-0.2, -0.15) is 0 Å². The zero-order chi connectivity index (χ0) is 22.1. The molecule has 0 spiro atoms.